The van der Waals surface area contributed by atoms with E-state index < -0.39 is 43.8 Å². The molecule has 2 heterocycles. The molecule has 1 N–H and O–H groups in total. The van der Waals surface area contributed by atoms with Gasteiger partial charge in [0.15, 0.2) is 4.90 Å². The molecule has 0 aliphatic carbocycles. The zero-order valence-corrected chi connectivity index (χ0v) is 23.2. The number of likely N-dealkylation sites (N-methyl/N-ethyl adjacent to an activating group) is 1. The summed E-state index contributed by atoms with van der Waals surface area (Å²) in [5.41, 5.74) is -0.829. The summed E-state index contributed by atoms with van der Waals surface area (Å²) in [7, 11) is -0.945. The summed E-state index contributed by atoms with van der Waals surface area (Å²) in [5.74, 6) is -2.69. The number of hydrogen-bond acceptors (Lipinski definition) is 6. The Balaban J connectivity index is 1.58. The zero-order valence-electron chi connectivity index (χ0n) is 21.6. The van der Waals surface area contributed by atoms with Crippen LogP contribution in [0.2, 0.25) is 5.02 Å². The number of benzene rings is 2. The van der Waals surface area contributed by atoms with Crippen LogP contribution in [0, 0.1) is 11.6 Å². The number of aromatic nitrogens is 2. The molecule has 216 valence electrons. The lowest BCUT2D eigenvalue weighted by Gasteiger charge is -2.48. The van der Waals surface area contributed by atoms with Crippen LogP contribution in [0.25, 0.3) is 0 Å². The second-order valence-electron chi connectivity index (χ2n) is 9.89. The topological polar surface area (TPSA) is 78.4 Å². The highest BCUT2D eigenvalue weighted by Crippen LogP contribution is 2.37. The lowest BCUT2D eigenvalue weighted by molar-refractivity contribution is -0.137. The number of hydrogen-bond donors (Lipinski definition) is 1. The van der Waals surface area contributed by atoms with Crippen molar-refractivity contribution in [1.82, 2.24) is 14.9 Å². The van der Waals surface area contributed by atoms with Crippen LogP contribution in [0.1, 0.15) is 30.4 Å². The molecule has 2 aromatic carbocycles. The Hall–Kier alpha value is -3.03. The predicted octanol–water partition coefficient (Wildman–Crippen LogP) is 5.76. The summed E-state index contributed by atoms with van der Waals surface area (Å²) in [4.78, 5) is 9.94. The number of aryl methyl sites for hydroxylation is 1. The number of halogens is 6. The van der Waals surface area contributed by atoms with Crippen LogP contribution in [0.4, 0.5) is 33.5 Å². The minimum atomic E-state index is -4.63. The van der Waals surface area contributed by atoms with Crippen molar-refractivity contribution in [2.75, 3.05) is 36.8 Å². The van der Waals surface area contributed by atoms with E-state index in [1.54, 1.807) is 4.90 Å². The molecule has 3 aromatic rings. The molecule has 0 amide bonds. The average Bonchev–Trinajstić information content (AvgIpc) is 2.87. The van der Waals surface area contributed by atoms with Gasteiger partial charge in [-0.05, 0) is 81.7 Å². The maximum absolute atomic E-state index is 15.1. The Kier molecular flexibility index (Phi) is 8.57. The van der Waals surface area contributed by atoms with E-state index in [1.165, 1.54) is 18.3 Å². The minimum absolute atomic E-state index is 0.148. The van der Waals surface area contributed by atoms with E-state index in [1.807, 2.05) is 23.7 Å². The fraction of sp³-hybridized carbons (Fsp3) is 0.385. The molecule has 7 nitrogen and oxygen atoms in total. The van der Waals surface area contributed by atoms with E-state index >= 15 is 8.78 Å². The van der Waals surface area contributed by atoms with Crippen LogP contribution in [-0.4, -0.2) is 56.0 Å². The van der Waals surface area contributed by atoms with Crippen molar-refractivity contribution >= 4 is 33.1 Å². The Morgan fingerprint density at radius 2 is 1.82 bits per heavy atom. The zero-order chi connectivity index (χ0) is 29.3. The molecule has 0 unspecified atom stereocenters. The van der Waals surface area contributed by atoms with E-state index in [4.69, 9.17) is 11.6 Å². The third-order valence-electron chi connectivity index (χ3n) is 7.17. The first-order chi connectivity index (χ1) is 18.7. The molecule has 1 atom stereocenters. The van der Waals surface area contributed by atoms with Crippen molar-refractivity contribution in [3.63, 3.8) is 0 Å². The predicted molar refractivity (Wildman–Crippen MR) is 142 cm³/mol. The molecule has 0 spiro atoms. The highest BCUT2D eigenvalue weighted by atomic mass is 35.5. The SMILES string of the molecule is CN(C)[C@@]1(CCc2cc(C(F)(F)F)ccc2Cl)CCCN(c2cc(F)c(S(=O)(=O)Nc3ccncn3)c(F)c2)C1. The van der Waals surface area contributed by atoms with Gasteiger partial charge in [-0.15, -0.1) is 0 Å². The number of nitrogens with zero attached hydrogens (tertiary/aromatic N) is 4. The van der Waals surface area contributed by atoms with E-state index in [-0.39, 0.29) is 22.9 Å². The highest BCUT2D eigenvalue weighted by Gasteiger charge is 2.39. The van der Waals surface area contributed by atoms with Crippen molar-refractivity contribution in [3.8, 4) is 0 Å². The molecule has 0 bridgehead atoms. The Morgan fingerprint density at radius 3 is 2.42 bits per heavy atom. The quantitative estimate of drug-likeness (QED) is 0.330. The number of nitrogens with one attached hydrogen (secondary N) is 1. The van der Waals surface area contributed by atoms with Crippen molar-refractivity contribution in [1.29, 1.82) is 0 Å². The van der Waals surface area contributed by atoms with E-state index in [0.29, 0.717) is 37.9 Å². The van der Waals surface area contributed by atoms with Gasteiger partial charge in [0.2, 0.25) is 0 Å². The van der Waals surface area contributed by atoms with Crippen molar-refractivity contribution in [2.45, 2.75) is 42.3 Å². The van der Waals surface area contributed by atoms with Crippen LogP contribution in [0.15, 0.2) is 53.8 Å². The number of sulfonamides is 1. The van der Waals surface area contributed by atoms with Crippen LogP contribution >= 0.6 is 11.6 Å². The molecular formula is C26H27ClF5N5O2S. The van der Waals surface area contributed by atoms with Crippen LogP contribution in [0.5, 0.6) is 0 Å². The first kappa shape index (κ1) is 29.9. The highest BCUT2D eigenvalue weighted by molar-refractivity contribution is 7.92. The van der Waals surface area contributed by atoms with Gasteiger partial charge in [-0.25, -0.2) is 27.2 Å². The maximum atomic E-state index is 15.1. The molecule has 1 fully saturated rings. The smallest absolute Gasteiger partial charge is 0.370 e. The number of alkyl halides is 3. The van der Waals surface area contributed by atoms with Gasteiger partial charge in [-0.3, -0.25) is 4.72 Å². The molecule has 4 rings (SSSR count). The molecule has 1 aliphatic rings. The second kappa shape index (κ2) is 11.5. The largest absolute Gasteiger partial charge is 0.416 e. The molecule has 1 saturated heterocycles. The van der Waals surface area contributed by atoms with Gasteiger partial charge in [0.1, 0.15) is 23.8 Å². The van der Waals surface area contributed by atoms with Crippen LogP contribution < -0.4 is 9.62 Å². The summed E-state index contributed by atoms with van der Waals surface area (Å²) in [5, 5.41) is 0.228. The molecule has 0 saturated carbocycles. The molecular weight excluding hydrogens is 577 g/mol. The van der Waals surface area contributed by atoms with Gasteiger partial charge in [-0.2, -0.15) is 13.2 Å². The standard InChI is InChI=1S/C26H27ClF5N5O2S/c1-36(2)25(9-6-17-12-18(26(30,31)32)4-5-20(17)27)8-3-11-37(15-25)19-13-21(28)24(22(29)14-19)40(38,39)35-23-7-10-33-16-34-23/h4-5,7,10,12-14,16H,3,6,8-9,11,15H2,1-2H3,(H,33,34,35)/t25-/m1/s1. The van der Waals surface area contributed by atoms with E-state index in [2.05, 4.69) is 9.97 Å². The summed E-state index contributed by atoms with van der Waals surface area (Å²) in [6.45, 7) is 0.755. The number of rotatable bonds is 8. The summed E-state index contributed by atoms with van der Waals surface area (Å²) in [6.07, 6.45) is -0.142. The van der Waals surface area contributed by atoms with Gasteiger partial charge in [0.25, 0.3) is 10.0 Å². The normalized spacial score (nSPS) is 18.3. The number of anilines is 2. The van der Waals surface area contributed by atoms with Gasteiger partial charge in [0.05, 0.1) is 5.56 Å². The fourth-order valence-corrected chi connectivity index (χ4v) is 6.30. The van der Waals surface area contributed by atoms with E-state index in [9.17, 15) is 21.6 Å². The molecule has 1 aromatic heterocycles. The second-order valence-corrected chi connectivity index (χ2v) is 11.9. The summed E-state index contributed by atoms with van der Waals surface area (Å²) >= 11 is 6.22. The van der Waals surface area contributed by atoms with Crippen LogP contribution in [0.3, 0.4) is 0 Å². The minimum Gasteiger partial charge on any atom is -0.370 e. The van der Waals surface area contributed by atoms with Gasteiger partial charge in [-0.1, -0.05) is 11.6 Å². The maximum Gasteiger partial charge on any atom is 0.416 e. The van der Waals surface area contributed by atoms with Gasteiger partial charge >= 0.3 is 6.18 Å². The lowest BCUT2D eigenvalue weighted by Crippen LogP contribution is -2.56. The number of piperidine rings is 1. The average molecular weight is 604 g/mol. The van der Waals surface area contributed by atoms with Gasteiger partial charge in [0, 0.05) is 35.5 Å². The molecule has 40 heavy (non-hydrogen) atoms. The van der Waals surface area contributed by atoms with E-state index in [0.717, 1.165) is 30.6 Å². The lowest BCUT2D eigenvalue weighted by atomic mass is 9.82. The Bertz CT molecular complexity index is 1450. The third kappa shape index (κ3) is 6.47. The Morgan fingerprint density at radius 1 is 1.12 bits per heavy atom. The fourth-order valence-electron chi connectivity index (χ4n) is 4.96. The summed E-state index contributed by atoms with van der Waals surface area (Å²) < 4.78 is 97.4. The molecule has 1 aliphatic heterocycles. The van der Waals surface area contributed by atoms with Crippen molar-refractivity contribution in [3.05, 3.63) is 76.7 Å². The molecule has 0 radical (unpaired) electrons. The first-order valence-corrected chi connectivity index (χ1v) is 14.1. The van der Waals surface area contributed by atoms with Crippen LogP contribution in [-0.2, 0) is 22.6 Å². The van der Waals surface area contributed by atoms with Crippen molar-refractivity contribution in [2.24, 2.45) is 0 Å². The summed E-state index contributed by atoms with van der Waals surface area (Å²) in [6, 6.07) is 6.39. The third-order valence-corrected chi connectivity index (χ3v) is 8.95. The monoisotopic (exact) mass is 603 g/mol. The molecule has 14 heteroatoms. The Labute approximate surface area is 234 Å². The first-order valence-electron chi connectivity index (χ1n) is 12.3. The van der Waals surface area contributed by atoms with Crippen molar-refractivity contribution < 1.29 is 30.4 Å². The van der Waals surface area contributed by atoms with Gasteiger partial charge < -0.3 is 9.80 Å².